The van der Waals surface area contributed by atoms with E-state index < -0.39 is 0 Å². The van der Waals surface area contributed by atoms with Gasteiger partial charge in [-0.3, -0.25) is 9.89 Å². The summed E-state index contributed by atoms with van der Waals surface area (Å²) in [6.45, 7) is 2.31. The second kappa shape index (κ2) is 6.58. The monoisotopic (exact) mass is 296 g/mol. The number of H-pyrrole nitrogens is 1. The molecule has 2 rings (SSSR count). The van der Waals surface area contributed by atoms with Crippen LogP contribution in [-0.4, -0.2) is 26.8 Å². The van der Waals surface area contributed by atoms with Gasteiger partial charge < -0.3 is 5.32 Å². The lowest BCUT2D eigenvalue weighted by molar-refractivity contribution is -0.118. The van der Waals surface area contributed by atoms with E-state index in [0.29, 0.717) is 22.5 Å². The highest BCUT2D eigenvalue weighted by molar-refractivity contribution is 7.99. The minimum atomic E-state index is -0.0533. The van der Waals surface area contributed by atoms with Crippen LogP contribution >= 0.6 is 23.4 Å². The summed E-state index contributed by atoms with van der Waals surface area (Å²) in [4.78, 5) is 15.8. The van der Waals surface area contributed by atoms with Gasteiger partial charge >= 0.3 is 0 Å². The molecule has 1 aromatic carbocycles. The van der Waals surface area contributed by atoms with Crippen LogP contribution in [0.3, 0.4) is 0 Å². The average molecular weight is 297 g/mol. The molecular formula is C12H13ClN4OS. The van der Waals surface area contributed by atoms with Crippen LogP contribution in [0.4, 0.5) is 0 Å². The summed E-state index contributed by atoms with van der Waals surface area (Å²) < 4.78 is 0. The van der Waals surface area contributed by atoms with Crippen LogP contribution in [0.2, 0.25) is 5.02 Å². The Kier molecular flexibility index (Phi) is 4.81. The molecule has 0 unspecified atom stereocenters. The molecular weight excluding hydrogens is 284 g/mol. The van der Waals surface area contributed by atoms with Gasteiger partial charge in [0.05, 0.1) is 5.75 Å². The first-order chi connectivity index (χ1) is 9.13. The van der Waals surface area contributed by atoms with Crippen molar-refractivity contribution in [1.29, 1.82) is 0 Å². The highest BCUT2D eigenvalue weighted by Gasteiger charge is 2.06. The predicted molar refractivity (Wildman–Crippen MR) is 75.1 cm³/mol. The highest BCUT2D eigenvalue weighted by Crippen LogP contribution is 2.12. The number of aromatic amines is 1. The zero-order valence-electron chi connectivity index (χ0n) is 10.3. The molecule has 1 amide bonds. The van der Waals surface area contributed by atoms with Gasteiger partial charge in [0.15, 0.2) is 0 Å². The fraction of sp³-hybridized carbons (Fsp3) is 0.250. The second-order valence-corrected chi connectivity index (χ2v) is 5.27. The van der Waals surface area contributed by atoms with Crippen molar-refractivity contribution in [2.24, 2.45) is 0 Å². The van der Waals surface area contributed by atoms with Gasteiger partial charge in [0, 0.05) is 11.6 Å². The number of nitrogens with zero attached hydrogens (tertiary/aromatic N) is 2. The zero-order chi connectivity index (χ0) is 13.7. The molecule has 2 aromatic rings. The van der Waals surface area contributed by atoms with Crippen LogP contribution in [0.1, 0.15) is 11.4 Å². The number of hydrogen-bond acceptors (Lipinski definition) is 4. The lowest BCUT2D eigenvalue weighted by Crippen LogP contribution is -2.24. The van der Waals surface area contributed by atoms with Crippen molar-refractivity contribution in [3.05, 3.63) is 40.7 Å². The predicted octanol–water partition coefficient (Wildman–Crippen LogP) is 2.18. The van der Waals surface area contributed by atoms with E-state index >= 15 is 0 Å². The number of hydrogen-bond donors (Lipinski definition) is 2. The fourth-order valence-corrected chi connectivity index (χ4v) is 2.17. The van der Waals surface area contributed by atoms with E-state index in [1.165, 1.54) is 11.8 Å². The lowest BCUT2D eigenvalue weighted by atomic mass is 10.2. The molecule has 1 heterocycles. The van der Waals surface area contributed by atoms with Gasteiger partial charge in [-0.25, -0.2) is 4.98 Å². The quantitative estimate of drug-likeness (QED) is 0.830. The molecule has 19 heavy (non-hydrogen) atoms. The standard InChI is InChI=1S/C12H13ClN4OS/c1-8-15-12(17-16-8)19-7-11(18)14-6-9-2-4-10(13)5-3-9/h2-5H,6-7H2,1H3,(H,14,18)(H,15,16,17). The highest BCUT2D eigenvalue weighted by atomic mass is 35.5. The zero-order valence-corrected chi connectivity index (χ0v) is 11.9. The summed E-state index contributed by atoms with van der Waals surface area (Å²) >= 11 is 7.09. The fourth-order valence-electron chi connectivity index (χ4n) is 1.37. The van der Waals surface area contributed by atoms with E-state index in [0.717, 1.165) is 11.4 Å². The maximum absolute atomic E-state index is 11.6. The van der Waals surface area contributed by atoms with Crippen molar-refractivity contribution < 1.29 is 4.79 Å². The van der Waals surface area contributed by atoms with Gasteiger partial charge in [-0.1, -0.05) is 35.5 Å². The van der Waals surface area contributed by atoms with Crippen molar-refractivity contribution >= 4 is 29.3 Å². The van der Waals surface area contributed by atoms with E-state index in [9.17, 15) is 4.79 Å². The molecule has 0 radical (unpaired) electrons. The topological polar surface area (TPSA) is 70.7 Å². The van der Waals surface area contributed by atoms with Gasteiger partial charge in [0.25, 0.3) is 0 Å². The molecule has 0 bridgehead atoms. The van der Waals surface area contributed by atoms with Crippen LogP contribution in [0, 0.1) is 6.92 Å². The molecule has 0 aliphatic heterocycles. The SMILES string of the molecule is Cc1nc(SCC(=O)NCc2ccc(Cl)cc2)n[nH]1. The second-order valence-electron chi connectivity index (χ2n) is 3.90. The van der Waals surface area contributed by atoms with Crippen molar-refractivity contribution in [1.82, 2.24) is 20.5 Å². The Labute approximate surface area is 120 Å². The third-order valence-electron chi connectivity index (χ3n) is 2.31. The summed E-state index contributed by atoms with van der Waals surface area (Å²) in [5, 5.41) is 10.8. The summed E-state index contributed by atoms with van der Waals surface area (Å²) in [6, 6.07) is 7.37. The number of benzene rings is 1. The third-order valence-corrected chi connectivity index (χ3v) is 3.41. The van der Waals surface area contributed by atoms with Crippen molar-refractivity contribution in [3.8, 4) is 0 Å². The molecule has 0 saturated carbocycles. The van der Waals surface area contributed by atoms with E-state index in [2.05, 4.69) is 20.5 Å². The molecule has 0 saturated heterocycles. The Morgan fingerprint density at radius 1 is 1.42 bits per heavy atom. The molecule has 5 nitrogen and oxygen atoms in total. The first-order valence-corrected chi connectivity index (χ1v) is 7.03. The largest absolute Gasteiger partial charge is 0.351 e. The molecule has 0 aliphatic rings. The number of amides is 1. The Hall–Kier alpha value is -1.53. The number of nitrogens with one attached hydrogen (secondary N) is 2. The van der Waals surface area contributed by atoms with Crippen molar-refractivity contribution in [3.63, 3.8) is 0 Å². The Morgan fingerprint density at radius 2 is 2.16 bits per heavy atom. The summed E-state index contributed by atoms with van der Waals surface area (Å²) in [5.74, 6) is 0.983. The number of aryl methyl sites for hydroxylation is 1. The molecule has 1 aromatic heterocycles. The Bertz CT molecular complexity index is 555. The van der Waals surface area contributed by atoms with E-state index in [4.69, 9.17) is 11.6 Å². The molecule has 0 aliphatic carbocycles. The molecule has 0 atom stereocenters. The number of aromatic nitrogens is 3. The van der Waals surface area contributed by atoms with Crippen LogP contribution in [-0.2, 0) is 11.3 Å². The normalized spacial score (nSPS) is 10.4. The smallest absolute Gasteiger partial charge is 0.230 e. The first-order valence-electron chi connectivity index (χ1n) is 5.66. The maximum Gasteiger partial charge on any atom is 0.230 e. The molecule has 7 heteroatoms. The molecule has 100 valence electrons. The minimum absolute atomic E-state index is 0.0533. The minimum Gasteiger partial charge on any atom is -0.351 e. The summed E-state index contributed by atoms with van der Waals surface area (Å²) in [5.41, 5.74) is 1.01. The van der Waals surface area contributed by atoms with Gasteiger partial charge in [-0.05, 0) is 24.6 Å². The van der Waals surface area contributed by atoms with Gasteiger partial charge in [-0.15, -0.1) is 5.10 Å². The van der Waals surface area contributed by atoms with E-state index in [1.807, 2.05) is 19.1 Å². The van der Waals surface area contributed by atoms with E-state index in [-0.39, 0.29) is 5.91 Å². The lowest BCUT2D eigenvalue weighted by Gasteiger charge is -2.04. The Balaban J connectivity index is 1.74. The van der Waals surface area contributed by atoms with Crippen LogP contribution in [0.15, 0.2) is 29.4 Å². The first kappa shape index (κ1) is 13.9. The van der Waals surface area contributed by atoms with Gasteiger partial charge in [0.1, 0.15) is 5.82 Å². The average Bonchev–Trinajstić information content (AvgIpc) is 2.81. The van der Waals surface area contributed by atoms with E-state index in [1.54, 1.807) is 12.1 Å². The number of thioether (sulfide) groups is 1. The third kappa shape index (κ3) is 4.57. The van der Waals surface area contributed by atoms with Crippen molar-refractivity contribution in [2.75, 3.05) is 5.75 Å². The van der Waals surface area contributed by atoms with Gasteiger partial charge in [0.2, 0.25) is 11.1 Å². The Morgan fingerprint density at radius 3 is 2.79 bits per heavy atom. The van der Waals surface area contributed by atoms with Gasteiger partial charge in [-0.2, -0.15) is 0 Å². The molecule has 0 spiro atoms. The number of carbonyl (C=O) groups excluding carboxylic acids is 1. The summed E-state index contributed by atoms with van der Waals surface area (Å²) in [7, 11) is 0. The van der Waals surface area contributed by atoms with Crippen LogP contribution in [0.5, 0.6) is 0 Å². The van der Waals surface area contributed by atoms with Crippen LogP contribution < -0.4 is 5.32 Å². The molecule has 2 N–H and O–H groups in total. The maximum atomic E-state index is 11.6. The summed E-state index contributed by atoms with van der Waals surface area (Å²) in [6.07, 6.45) is 0. The number of carbonyl (C=O) groups is 1. The number of halogens is 1. The number of rotatable bonds is 5. The molecule has 0 fully saturated rings. The van der Waals surface area contributed by atoms with Crippen molar-refractivity contribution in [2.45, 2.75) is 18.6 Å². The van der Waals surface area contributed by atoms with Crippen LogP contribution in [0.25, 0.3) is 0 Å².